The summed E-state index contributed by atoms with van der Waals surface area (Å²) >= 11 is 0. The van der Waals surface area contributed by atoms with Crippen molar-refractivity contribution in [2.45, 2.75) is 77.0 Å². The molecule has 0 aromatic heterocycles. The van der Waals surface area contributed by atoms with Crippen molar-refractivity contribution in [2.24, 2.45) is 0 Å². The van der Waals surface area contributed by atoms with E-state index in [1.807, 2.05) is 0 Å². The molecular weight excluding hydrogens is 807 g/mol. The van der Waals surface area contributed by atoms with Crippen LogP contribution in [0.25, 0.3) is 44.5 Å². The van der Waals surface area contributed by atoms with Crippen molar-refractivity contribution in [3.8, 4) is 44.5 Å². The molecule has 0 heterocycles. The summed E-state index contributed by atoms with van der Waals surface area (Å²) in [6, 6.07) is 79.7. The van der Waals surface area contributed by atoms with E-state index in [9.17, 15) is 0 Å². The van der Waals surface area contributed by atoms with Gasteiger partial charge >= 0.3 is 0 Å². The minimum atomic E-state index is -0.522. The molecule has 0 unspecified atom stereocenters. The standard InChI is InChI=1S/C66H59N/c1-63(2,3)49-41-56-61-53(28-20-30-58(61)66(47-23-14-10-15-24-47,48-25-16-11-17-26-48)62(56)60(42-49)64(4,5)6)46-33-37-51(38-34-46)67(50-35-31-45(32-36-50)44-21-12-9-13-22-44)52-39-40-55-54-27-18-19-29-57(54)65(7,8)59(55)43-52/h9-43H,1-8H3. The fourth-order valence-corrected chi connectivity index (χ4v) is 11.4. The molecule has 0 N–H and O–H groups in total. The Kier molecular flexibility index (Phi) is 9.94. The Morgan fingerprint density at radius 3 is 1.45 bits per heavy atom. The first-order valence-corrected chi connectivity index (χ1v) is 24.0. The molecule has 0 aliphatic heterocycles. The molecule has 1 heteroatoms. The summed E-state index contributed by atoms with van der Waals surface area (Å²) in [5.74, 6) is 0. The average molecular weight is 866 g/mol. The van der Waals surface area contributed by atoms with E-state index in [1.54, 1.807) is 0 Å². The monoisotopic (exact) mass is 865 g/mol. The first-order chi connectivity index (χ1) is 32.3. The third kappa shape index (κ3) is 6.81. The number of rotatable bonds is 7. The third-order valence-electron chi connectivity index (χ3n) is 14.8. The first kappa shape index (κ1) is 42.4. The first-order valence-electron chi connectivity index (χ1n) is 24.0. The Morgan fingerprint density at radius 2 is 0.851 bits per heavy atom. The van der Waals surface area contributed by atoms with Crippen molar-refractivity contribution in [1.29, 1.82) is 0 Å². The van der Waals surface area contributed by atoms with Crippen molar-refractivity contribution in [2.75, 3.05) is 4.90 Å². The predicted molar refractivity (Wildman–Crippen MR) is 284 cm³/mol. The molecule has 67 heavy (non-hydrogen) atoms. The molecule has 11 rings (SSSR count). The highest BCUT2D eigenvalue weighted by atomic mass is 15.1. The SMILES string of the molecule is CC(C)(C)c1cc2c(c(C(C)(C)C)c1)C(c1ccccc1)(c1ccccc1)c1cccc(-c3ccc(N(c4ccc(-c5ccccc5)cc4)c4ccc5c(c4)C(C)(C)c4ccccc4-5)cc3)c1-2. The van der Waals surface area contributed by atoms with Crippen molar-refractivity contribution in [3.05, 3.63) is 257 Å². The van der Waals surface area contributed by atoms with Gasteiger partial charge in [-0.05, 0) is 136 Å². The van der Waals surface area contributed by atoms with Crippen LogP contribution in [0.4, 0.5) is 17.1 Å². The number of benzene rings is 9. The third-order valence-corrected chi connectivity index (χ3v) is 14.8. The van der Waals surface area contributed by atoms with E-state index in [0.717, 1.165) is 17.1 Å². The molecule has 0 amide bonds. The Balaban J connectivity index is 1.11. The molecule has 0 atom stereocenters. The molecule has 0 saturated heterocycles. The molecule has 0 radical (unpaired) electrons. The van der Waals surface area contributed by atoms with Crippen LogP contribution in [-0.2, 0) is 21.7 Å². The maximum atomic E-state index is 2.53. The lowest BCUT2D eigenvalue weighted by atomic mass is 9.63. The van der Waals surface area contributed by atoms with Gasteiger partial charge in [0.15, 0.2) is 0 Å². The summed E-state index contributed by atoms with van der Waals surface area (Å²) in [6.07, 6.45) is 0. The van der Waals surface area contributed by atoms with E-state index in [2.05, 4.69) is 273 Å². The lowest BCUT2D eigenvalue weighted by molar-refractivity contribution is 0.557. The summed E-state index contributed by atoms with van der Waals surface area (Å²) < 4.78 is 0. The van der Waals surface area contributed by atoms with Crippen LogP contribution in [0.1, 0.15) is 99.9 Å². The molecule has 2 aliphatic rings. The van der Waals surface area contributed by atoms with Gasteiger partial charge in [-0.15, -0.1) is 0 Å². The quantitative estimate of drug-likeness (QED) is 0.154. The minimum Gasteiger partial charge on any atom is -0.310 e. The van der Waals surface area contributed by atoms with Gasteiger partial charge in [0.25, 0.3) is 0 Å². The molecule has 2 aliphatic carbocycles. The van der Waals surface area contributed by atoms with Crippen molar-refractivity contribution >= 4 is 17.1 Å². The maximum Gasteiger partial charge on any atom is 0.0716 e. The van der Waals surface area contributed by atoms with Crippen LogP contribution in [0.3, 0.4) is 0 Å². The van der Waals surface area contributed by atoms with Crippen LogP contribution < -0.4 is 4.90 Å². The lowest BCUT2D eigenvalue weighted by Crippen LogP contribution is -2.32. The van der Waals surface area contributed by atoms with Crippen LogP contribution in [0, 0.1) is 0 Å². The largest absolute Gasteiger partial charge is 0.310 e. The maximum absolute atomic E-state index is 2.53. The van der Waals surface area contributed by atoms with Crippen molar-refractivity contribution in [3.63, 3.8) is 0 Å². The molecule has 0 saturated carbocycles. The zero-order chi connectivity index (χ0) is 46.3. The molecule has 0 bridgehead atoms. The number of hydrogen-bond donors (Lipinski definition) is 0. The fraction of sp³-hybridized carbons (Fsp3) is 0.182. The molecule has 0 spiro atoms. The minimum absolute atomic E-state index is 0.0468. The second-order valence-corrected chi connectivity index (χ2v) is 21.4. The Hall–Kier alpha value is -7.22. The van der Waals surface area contributed by atoms with Crippen LogP contribution in [0.2, 0.25) is 0 Å². The van der Waals surface area contributed by atoms with Gasteiger partial charge in [0.05, 0.1) is 5.41 Å². The van der Waals surface area contributed by atoms with E-state index < -0.39 is 5.41 Å². The van der Waals surface area contributed by atoms with Gasteiger partial charge in [0, 0.05) is 22.5 Å². The van der Waals surface area contributed by atoms with E-state index >= 15 is 0 Å². The molecule has 9 aromatic rings. The van der Waals surface area contributed by atoms with Crippen LogP contribution in [-0.4, -0.2) is 0 Å². The molecule has 1 nitrogen and oxygen atoms in total. The Labute approximate surface area is 398 Å². The number of anilines is 3. The molecular formula is C66H59N. The van der Waals surface area contributed by atoms with Gasteiger partial charge in [0.2, 0.25) is 0 Å². The van der Waals surface area contributed by atoms with E-state index in [0.29, 0.717) is 0 Å². The number of nitrogens with zero attached hydrogens (tertiary/aromatic N) is 1. The summed E-state index contributed by atoms with van der Waals surface area (Å²) in [6.45, 7) is 19.0. The molecule has 0 fully saturated rings. The molecule has 9 aromatic carbocycles. The predicted octanol–water partition coefficient (Wildman–Crippen LogP) is 17.8. The van der Waals surface area contributed by atoms with Gasteiger partial charge in [-0.25, -0.2) is 0 Å². The normalized spacial score (nSPS) is 14.2. The van der Waals surface area contributed by atoms with Gasteiger partial charge < -0.3 is 4.90 Å². The van der Waals surface area contributed by atoms with Crippen molar-refractivity contribution in [1.82, 2.24) is 0 Å². The number of hydrogen-bond acceptors (Lipinski definition) is 1. The van der Waals surface area contributed by atoms with Gasteiger partial charge in [-0.1, -0.05) is 231 Å². The van der Waals surface area contributed by atoms with E-state index in [1.165, 1.54) is 89.0 Å². The highest BCUT2D eigenvalue weighted by Crippen LogP contribution is 2.61. The van der Waals surface area contributed by atoms with Crippen LogP contribution in [0.5, 0.6) is 0 Å². The van der Waals surface area contributed by atoms with Gasteiger partial charge in [0.1, 0.15) is 0 Å². The Bertz CT molecular complexity index is 3250. The second kappa shape index (κ2) is 15.7. The van der Waals surface area contributed by atoms with E-state index in [-0.39, 0.29) is 16.2 Å². The Morgan fingerprint density at radius 1 is 0.358 bits per heavy atom. The zero-order valence-corrected chi connectivity index (χ0v) is 40.2. The zero-order valence-electron chi connectivity index (χ0n) is 40.2. The van der Waals surface area contributed by atoms with Crippen LogP contribution in [0.15, 0.2) is 212 Å². The summed E-state index contributed by atoms with van der Waals surface area (Å²) in [5, 5.41) is 0. The summed E-state index contributed by atoms with van der Waals surface area (Å²) in [5.41, 5.74) is 23.6. The second-order valence-electron chi connectivity index (χ2n) is 21.4. The number of fused-ring (bicyclic) bond motifs is 6. The summed E-state index contributed by atoms with van der Waals surface area (Å²) in [7, 11) is 0. The topological polar surface area (TPSA) is 3.24 Å². The average Bonchev–Trinajstić information content (AvgIpc) is 3.77. The van der Waals surface area contributed by atoms with Gasteiger partial charge in [-0.2, -0.15) is 0 Å². The van der Waals surface area contributed by atoms with Crippen LogP contribution >= 0.6 is 0 Å². The van der Waals surface area contributed by atoms with E-state index in [4.69, 9.17) is 0 Å². The highest BCUT2D eigenvalue weighted by molar-refractivity contribution is 5.97. The smallest absolute Gasteiger partial charge is 0.0716 e. The fourth-order valence-electron chi connectivity index (χ4n) is 11.4. The van der Waals surface area contributed by atoms with Gasteiger partial charge in [-0.3, -0.25) is 0 Å². The molecule has 328 valence electrons. The van der Waals surface area contributed by atoms with Crippen molar-refractivity contribution < 1.29 is 0 Å². The lowest BCUT2D eigenvalue weighted by Gasteiger charge is -2.38. The highest BCUT2D eigenvalue weighted by Gasteiger charge is 2.50. The summed E-state index contributed by atoms with van der Waals surface area (Å²) in [4.78, 5) is 2.43.